The first-order valence-electron chi connectivity index (χ1n) is 7.12. The van der Waals surface area contributed by atoms with Crippen molar-refractivity contribution in [1.29, 1.82) is 0 Å². The van der Waals surface area contributed by atoms with Crippen LogP contribution in [0.3, 0.4) is 0 Å². The number of nitrogens with zero attached hydrogens (tertiary/aromatic N) is 1. The zero-order chi connectivity index (χ0) is 14.8. The van der Waals surface area contributed by atoms with Gasteiger partial charge >= 0.3 is 6.03 Å². The summed E-state index contributed by atoms with van der Waals surface area (Å²) in [5.41, 5.74) is 0. The first kappa shape index (κ1) is 14.9. The summed E-state index contributed by atoms with van der Waals surface area (Å²) < 4.78 is 5.74. The second kappa shape index (κ2) is 6.38. The van der Waals surface area contributed by atoms with E-state index in [1.165, 1.54) is 25.1 Å². The molecule has 5 nitrogen and oxygen atoms in total. The molecule has 1 saturated heterocycles. The summed E-state index contributed by atoms with van der Waals surface area (Å²) in [5, 5.41) is 6.36. The number of carbonyl (C=O) groups excluding carboxylic acids is 1. The van der Waals surface area contributed by atoms with E-state index in [0.717, 1.165) is 12.8 Å². The van der Waals surface area contributed by atoms with E-state index in [9.17, 15) is 4.79 Å². The van der Waals surface area contributed by atoms with Gasteiger partial charge in [0.2, 0.25) is 0 Å². The largest absolute Gasteiger partial charge is 0.378 e. The molecule has 2 aliphatic rings. The first-order valence-corrected chi connectivity index (χ1v) is 7.87. The summed E-state index contributed by atoms with van der Waals surface area (Å²) in [6.07, 6.45) is 5.93. The first-order chi connectivity index (χ1) is 10.1. The third-order valence-corrected chi connectivity index (χ3v) is 4.56. The highest BCUT2D eigenvalue weighted by molar-refractivity contribution is 6.42. The monoisotopic (exact) mass is 329 g/mol. The van der Waals surface area contributed by atoms with Gasteiger partial charge in [0, 0.05) is 24.9 Å². The Hall–Kier alpha value is -1.04. The number of ether oxygens (including phenoxy) is 1. The number of anilines is 1. The van der Waals surface area contributed by atoms with Crippen molar-refractivity contribution in [3.63, 3.8) is 0 Å². The molecule has 3 rings (SSSR count). The molecule has 1 aromatic heterocycles. The third-order valence-electron chi connectivity index (χ3n) is 3.85. The Labute approximate surface area is 133 Å². The smallest absolute Gasteiger partial charge is 0.320 e. The molecular formula is C14H17Cl2N3O2. The van der Waals surface area contributed by atoms with Gasteiger partial charge in [-0.25, -0.2) is 9.78 Å². The van der Waals surface area contributed by atoms with Crippen molar-refractivity contribution in [3.05, 3.63) is 22.3 Å². The van der Waals surface area contributed by atoms with Gasteiger partial charge in [-0.1, -0.05) is 23.2 Å². The molecule has 1 aliphatic heterocycles. The van der Waals surface area contributed by atoms with Crippen molar-refractivity contribution in [1.82, 2.24) is 10.3 Å². The van der Waals surface area contributed by atoms with E-state index < -0.39 is 0 Å². The molecule has 1 aliphatic carbocycles. The van der Waals surface area contributed by atoms with Crippen LogP contribution in [0.1, 0.15) is 25.7 Å². The van der Waals surface area contributed by atoms with E-state index >= 15 is 0 Å². The standard InChI is InChI=1S/C14H17Cl2N3O2/c15-10-6-13(17-7-11(10)16)19-14(20)18-9-3-4-21-12(5-9)8-1-2-8/h6-9,12H,1-5H2,(H2,17,18,19,20)/t9-,12+/m1/s1. The minimum Gasteiger partial charge on any atom is -0.378 e. The Balaban J connectivity index is 1.52. The van der Waals surface area contributed by atoms with Gasteiger partial charge in [-0.3, -0.25) is 5.32 Å². The summed E-state index contributed by atoms with van der Waals surface area (Å²) >= 11 is 11.7. The van der Waals surface area contributed by atoms with Gasteiger partial charge in [0.15, 0.2) is 0 Å². The Kier molecular flexibility index (Phi) is 4.52. The zero-order valence-corrected chi connectivity index (χ0v) is 13.0. The normalized spacial score (nSPS) is 25.4. The third kappa shape index (κ3) is 3.99. The molecule has 1 saturated carbocycles. The van der Waals surface area contributed by atoms with Crippen LogP contribution in [0.4, 0.5) is 10.6 Å². The van der Waals surface area contributed by atoms with E-state index in [-0.39, 0.29) is 12.1 Å². The SMILES string of the molecule is O=C(Nc1cc(Cl)c(Cl)cn1)N[C@@H]1CCO[C@H](C2CC2)C1. The fourth-order valence-electron chi connectivity index (χ4n) is 2.58. The molecule has 2 amide bonds. The number of hydrogen-bond donors (Lipinski definition) is 2. The molecule has 1 aromatic rings. The molecule has 0 bridgehead atoms. The number of aromatic nitrogens is 1. The van der Waals surface area contributed by atoms with Crippen molar-refractivity contribution in [2.24, 2.45) is 5.92 Å². The van der Waals surface area contributed by atoms with Crippen LogP contribution in [-0.4, -0.2) is 29.8 Å². The average molecular weight is 330 g/mol. The number of pyridine rings is 1. The average Bonchev–Trinajstić information content (AvgIpc) is 3.28. The van der Waals surface area contributed by atoms with E-state index in [1.54, 1.807) is 0 Å². The topological polar surface area (TPSA) is 63.2 Å². The molecule has 0 radical (unpaired) electrons. The molecule has 2 atom stereocenters. The molecule has 114 valence electrons. The Morgan fingerprint density at radius 2 is 2.10 bits per heavy atom. The second-order valence-electron chi connectivity index (χ2n) is 5.55. The van der Waals surface area contributed by atoms with E-state index in [2.05, 4.69) is 15.6 Å². The second-order valence-corrected chi connectivity index (χ2v) is 6.36. The number of amides is 2. The Morgan fingerprint density at radius 3 is 2.81 bits per heavy atom. The minimum atomic E-state index is -0.276. The van der Waals surface area contributed by atoms with Crippen LogP contribution in [0.25, 0.3) is 0 Å². The Morgan fingerprint density at radius 1 is 1.29 bits per heavy atom. The molecule has 0 unspecified atom stereocenters. The van der Waals surface area contributed by atoms with Gasteiger partial charge in [0.05, 0.1) is 16.1 Å². The lowest BCUT2D eigenvalue weighted by atomic mass is 10.0. The predicted molar refractivity (Wildman–Crippen MR) is 81.9 cm³/mol. The zero-order valence-electron chi connectivity index (χ0n) is 11.4. The van der Waals surface area contributed by atoms with Crippen LogP contribution in [0.2, 0.25) is 10.0 Å². The molecule has 2 fully saturated rings. The van der Waals surface area contributed by atoms with Crippen molar-refractivity contribution in [2.75, 3.05) is 11.9 Å². The lowest BCUT2D eigenvalue weighted by Gasteiger charge is -2.30. The van der Waals surface area contributed by atoms with Crippen LogP contribution >= 0.6 is 23.2 Å². The van der Waals surface area contributed by atoms with E-state index in [1.807, 2.05) is 0 Å². The van der Waals surface area contributed by atoms with Crippen LogP contribution in [0, 0.1) is 5.92 Å². The van der Waals surface area contributed by atoms with Gasteiger partial charge in [-0.15, -0.1) is 0 Å². The summed E-state index contributed by atoms with van der Waals surface area (Å²) in [5.74, 6) is 1.07. The van der Waals surface area contributed by atoms with Crippen LogP contribution < -0.4 is 10.6 Å². The van der Waals surface area contributed by atoms with E-state index in [4.69, 9.17) is 27.9 Å². The van der Waals surface area contributed by atoms with Gasteiger partial charge in [-0.05, 0) is 31.6 Å². The van der Waals surface area contributed by atoms with Gasteiger partial charge in [0.25, 0.3) is 0 Å². The molecule has 7 heteroatoms. The summed E-state index contributed by atoms with van der Waals surface area (Å²) in [6, 6.07) is 1.40. The molecule has 0 aromatic carbocycles. The van der Waals surface area contributed by atoms with Crippen molar-refractivity contribution in [3.8, 4) is 0 Å². The fraction of sp³-hybridized carbons (Fsp3) is 0.571. The van der Waals surface area contributed by atoms with Crippen LogP contribution in [0.5, 0.6) is 0 Å². The van der Waals surface area contributed by atoms with Crippen molar-refractivity contribution >= 4 is 35.1 Å². The fourth-order valence-corrected chi connectivity index (χ4v) is 2.83. The summed E-state index contributed by atoms with van der Waals surface area (Å²) in [7, 11) is 0. The maximum Gasteiger partial charge on any atom is 0.320 e. The molecule has 2 heterocycles. The number of rotatable bonds is 3. The van der Waals surface area contributed by atoms with E-state index in [0.29, 0.717) is 34.5 Å². The lowest BCUT2D eigenvalue weighted by Crippen LogP contribution is -2.44. The van der Waals surface area contributed by atoms with Crippen molar-refractivity contribution < 1.29 is 9.53 Å². The maximum atomic E-state index is 12.0. The highest BCUT2D eigenvalue weighted by Crippen LogP contribution is 2.38. The van der Waals surface area contributed by atoms with Crippen LogP contribution in [0.15, 0.2) is 12.3 Å². The minimum absolute atomic E-state index is 0.145. The van der Waals surface area contributed by atoms with Gasteiger partial charge in [-0.2, -0.15) is 0 Å². The summed E-state index contributed by atoms with van der Waals surface area (Å²) in [4.78, 5) is 16.0. The highest BCUT2D eigenvalue weighted by Gasteiger charge is 2.36. The molecule has 2 N–H and O–H groups in total. The highest BCUT2D eigenvalue weighted by atomic mass is 35.5. The lowest BCUT2D eigenvalue weighted by molar-refractivity contribution is -0.00889. The maximum absolute atomic E-state index is 12.0. The number of urea groups is 1. The Bertz CT molecular complexity index is 537. The van der Waals surface area contributed by atoms with Gasteiger partial charge in [0.1, 0.15) is 5.82 Å². The molecule has 0 spiro atoms. The van der Waals surface area contributed by atoms with Gasteiger partial charge < -0.3 is 10.1 Å². The number of halogens is 2. The van der Waals surface area contributed by atoms with Crippen LogP contribution in [-0.2, 0) is 4.74 Å². The number of nitrogens with one attached hydrogen (secondary N) is 2. The quantitative estimate of drug-likeness (QED) is 0.892. The predicted octanol–water partition coefficient (Wildman–Crippen LogP) is 3.47. The number of carbonyl (C=O) groups is 1. The van der Waals surface area contributed by atoms with Crippen molar-refractivity contribution in [2.45, 2.75) is 37.8 Å². The molecule has 21 heavy (non-hydrogen) atoms. The number of hydrogen-bond acceptors (Lipinski definition) is 3. The molecular weight excluding hydrogens is 313 g/mol. The summed E-state index contributed by atoms with van der Waals surface area (Å²) in [6.45, 7) is 0.705.